The summed E-state index contributed by atoms with van der Waals surface area (Å²) in [6, 6.07) is 0. The Morgan fingerprint density at radius 1 is 1.18 bits per heavy atom. The predicted octanol–water partition coefficient (Wildman–Crippen LogP) is 4.78. The van der Waals surface area contributed by atoms with Crippen LogP contribution in [0.2, 0.25) is 0 Å². The summed E-state index contributed by atoms with van der Waals surface area (Å²) in [5.41, 5.74) is 1.67. The lowest BCUT2D eigenvalue weighted by Crippen LogP contribution is -2.27. The van der Waals surface area contributed by atoms with Crippen LogP contribution in [0.5, 0.6) is 0 Å². The highest BCUT2D eigenvalue weighted by Gasteiger charge is 2.21. The molecule has 0 heterocycles. The largest absolute Gasteiger partial charge is 0.389 e. The van der Waals surface area contributed by atoms with Crippen LogP contribution in [0.15, 0.2) is 35.5 Å². The number of aliphatic hydroxyl groups excluding tert-OH is 1. The highest BCUT2D eigenvalue weighted by atomic mass is 16.3. The van der Waals surface area contributed by atoms with Gasteiger partial charge in [0.2, 0.25) is 0 Å². The molecule has 3 atom stereocenters. The lowest BCUT2D eigenvalue weighted by molar-refractivity contribution is 0.0565. The lowest BCUT2D eigenvalue weighted by Gasteiger charge is -2.24. The molecule has 22 heavy (non-hydrogen) atoms. The molecule has 1 aliphatic rings. The van der Waals surface area contributed by atoms with Crippen LogP contribution in [0, 0.1) is 11.8 Å². The summed E-state index contributed by atoms with van der Waals surface area (Å²) in [4.78, 5) is 0. The third-order valence-electron chi connectivity index (χ3n) is 4.56. The quantitative estimate of drug-likeness (QED) is 0.684. The molecule has 126 valence electrons. The van der Waals surface area contributed by atoms with Gasteiger partial charge in [0.15, 0.2) is 0 Å². The Morgan fingerprint density at radius 3 is 2.50 bits per heavy atom. The van der Waals surface area contributed by atoms with Crippen LogP contribution >= 0.6 is 0 Å². The number of allylic oxidation sites excluding steroid dienone is 4. The third-order valence-corrected chi connectivity index (χ3v) is 4.56. The first-order valence-corrected chi connectivity index (χ1v) is 8.62. The molecule has 0 bridgehead atoms. The van der Waals surface area contributed by atoms with Crippen molar-refractivity contribution >= 4 is 0 Å². The van der Waals surface area contributed by atoms with Gasteiger partial charge < -0.3 is 10.2 Å². The van der Waals surface area contributed by atoms with Gasteiger partial charge in [0.05, 0.1) is 11.7 Å². The average Bonchev–Trinajstić information content (AvgIpc) is 2.36. The number of hydrogen-bond donors (Lipinski definition) is 2. The molecule has 0 saturated heterocycles. The first kappa shape index (κ1) is 19.2. The molecule has 0 radical (unpaired) electrons. The smallest absolute Gasteiger partial charge is 0.0827 e. The Labute approximate surface area is 136 Å². The van der Waals surface area contributed by atoms with Crippen molar-refractivity contribution in [3.8, 4) is 0 Å². The van der Waals surface area contributed by atoms with E-state index in [0.29, 0.717) is 18.3 Å². The molecule has 0 fully saturated rings. The van der Waals surface area contributed by atoms with Gasteiger partial charge in [0, 0.05) is 6.42 Å². The van der Waals surface area contributed by atoms with Crippen LogP contribution in [-0.4, -0.2) is 21.9 Å². The molecule has 0 saturated carbocycles. The maximum absolute atomic E-state index is 10.5. The number of aliphatic hydroxyl groups is 2. The van der Waals surface area contributed by atoms with Crippen molar-refractivity contribution in [2.24, 2.45) is 11.8 Å². The average molecular weight is 306 g/mol. The predicted molar refractivity (Wildman–Crippen MR) is 94.7 cm³/mol. The summed E-state index contributed by atoms with van der Waals surface area (Å²) in [5.74, 6) is 1.02. The van der Waals surface area contributed by atoms with Crippen molar-refractivity contribution < 1.29 is 10.2 Å². The Morgan fingerprint density at radius 2 is 1.86 bits per heavy atom. The summed E-state index contributed by atoms with van der Waals surface area (Å²) in [5, 5.41) is 20.7. The molecule has 2 nitrogen and oxygen atoms in total. The number of hydrogen-bond acceptors (Lipinski definition) is 2. The summed E-state index contributed by atoms with van der Waals surface area (Å²) >= 11 is 0. The molecule has 0 amide bonds. The van der Waals surface area contributed by atoms with Gasteiger partial charge in [-0.2, -0.15) is 0 Å². The van der Waals surface area contributed by atoms with Gasteiger partial charge in [-0.25, -0.2) is 0 Å². The molecular weight excluding hydrogens is 272 g/mol. The first-order valence-electron chi connectivity index (χ1n) is 8.62. The van der Waals surface area contributed by atoms with Crippen LogP contribution in [0.4, 0.5) is 0 Å². The van der Waals surface area contributed by atoms with Gasteiger partial charge in [-0.1, -0.05) is 49.3 Å². The van der Waals surface area contributed by atoms with E-state index >= 15 is 0 Å². The second-order valence-electron chi connectivity index (χ2n) is 7.54. The van der Waals surface area contributed by atoms with Crippen LogP contribution in [-0.2, 0) is 0 Å². The Kier molecular flexibility index (Phi) is 7.58. The second-order valence-corrected chi connectivity index (χ2v) is 7.54. The SMILES string of the molecule is C/C1=C/[C@H](O)C[C@](C)(O)C=C[C@H](C(C)C)CC/C(C)=C/CC1. The van der Waals surface area contributed by atoms with Crippen molar-refractivity contribution in [3.05, 3.63) is 35.5 Å². The molecule has 1 rings (SSSR count). The van der Waals surface area contributed by atoms with E-state index in [2.05, 4.69) is 39.8 Å². The fraction of sp³-hybridized carbons (Fsp3) is 0.700. The molecule has 0 aromatic carbocycles. The van der Waals surface area contributed by atoms with Gasteiger partial charge in [-0.05, 0) is 58.3 Å². The van der Waals surface area contributed by atoms with Crippen molar-refractivity contribution in [3.63, 3.8) is 0 Å². The van der Waals surface area contributed by atoms with Gasteiger partial charge in [-0.15, -0.1) is 0 Å². The monoisotopic (exact) mass is 306 g/mol. The Hall–Kier alpha value is -0.860. The van der Waals surface area contributed by atoms with E-state index in [-0.39, 0.29) is 0 Å². The Balaban J connectivity index is 2.97. The second kappa shape index (κ2) is 8.69. The third kappa shape index (κ3) is 7.42. The molecule has 0 aromatic heterocycles. The molecule has 2 N–H and O–H groups in total. The van der Waals surface area contributed by atoms with Crippen molar-refractivity contribution in [1.82, 2.24) is 0 Å². The summed E-state index contributed by atoms with van der Waals surface area (Å²) in [7, 11) is 0. The van der Waals surface area contributed by atoms with Gasteiger partial charge >= 0.3 is 0 Å². The van der Waals surface area contributed by atoms with Gasteiger partial charge in [0.25, 0.3) is 0 Å². The van der Waals surface area contributed by atoms with Crippen LogP contribution in [0.25, 0.3) is 0 Å². The highest BCUT2D eigenvalue weighted by Crippen LogP contribution is 2.25. The molecular formula is C20H34O2. The standard InChI is InChI=1S/C20H34O2/c1-15(2)18-10-9-16(3)7-6-8-17(4)13-19(21)14-20(5,22)12-11-18/h7,11-13,15,18-19,21-22H,6,8-10,14H2,1-5H3/b12-11?,16-7+,17-13-/t18-,19+,20-/m1/s1. The lowest BCUT2D eigenvalue weighted by atomic mass is 9.86. The highest BCUT2D eigenvalue weighted by molar-refractivity contribution is 5.10. The zero-order valence-electron chi connectivity index (χ0n) is 15.0. The zero-order valence-corrected chi connectivity index (χ0v) is 15.0. The maximum Gasteiger partial charge on any atom is 0.0827 e. The topological polar surface area (TPSA) is 40.5 Å². The molecule has 0 aromatic rings. The van der Waals surface area contributed by atoms with Gasteiger partial charge in [0.1, 0.15) is 0 Å². The van der Waals surface area contributed by atoms with E-state index in [9.17, 15) is 10.2 Å². The summed E-state index contributed by atoms with van der Waals surface area (Å²) in [6.45, 7) is 10.5. The summed E-state index contributed by atoms with van der Waals surface area (Å²) in [6.07, 6.45) is 12.2. The van der Waals surface area contributed by atoms with Crippen molar-refractivity contribution in [1.29, 1.82) is 0 Å². The van der Waals surface area contributed by atoms with E-state index in [1.54, 1.807) is 6.92 Å². The van der Waals surface area contributed by atoms with E-state index in [0.717, 1.165) is 25.7 Å². The summed E-state index contributed by atoms with van der Waals surface area (Å²) < 4.78 is 0. The van der Waals surface area contributed by atoms with Crippen molar-refractivity contribution in [2.45, 2.75) is 78.4 Å². The zero-order chi connectivity index (χ0) is 16.8. The van der Waals surface area contributed by atoms with Crippen molar-refractivity contribution in [2.75, 3.05) is 0 Å². The van der Waals surface area contributed by atoms with E-state index < -0.39 is 11.7 Å². The van der Waals surface area contributed by atoms with E-state index in [1.165, 1.54) is 11.1 Å². The molecule has 0 aliphatic heterocycles. The molecule has 0 spiro atoms. The van der Waals surface area contributed by atoms with Crippen LogP contribution < -0.4 is 0 Å². The fourth-order valence-corrected chi connectivity index (χ4v) is 2.99. The normalized spacial score (nSPS) is 37.1. The molecule has 1 aliphatic carbocycles. The number of rotatable bonds is 1. The van der Waals surface area contributed by atoms with E-state index in [4.69, 9.17) is 0 Å². The minimum Gasteiger partial charge on any atom is -0.389 e. The Bertz CT molecular complexity index is 427. The van der Waals surface area contributed by atoms with Crippen LogP contribution in [0.3, 0.4) is 0 Å². The van der Waals surface area contributed by atoms with E-state index in [1.807, 2.05) is 12.2 Å². The minimum absolute atomic E-state index is 0.348. The molecule has 0 unspecified atom stereocenters. The minimum atomic E-state index is -0.960. The maximum atomic E-state index is 10.5. The molecule has 2 heteroatoms. The van der Waals surface area contributed by atoms with Gasteiger partial charge in [-0.3, -0.25) is 0 Å². The van der Waals surface area contributed by atoms with Crippen LogP contribution in [0.1, 0.15) is 66.7 Å². The fourth-order valence-electron chi connectivity index (χ4n) is 2.99. The first-order chi connectivity index (χ1) is 10.2.